The Balaban J connectivity index is 1.74. The summed E-state index contributed by atoms with van der Waals surface area (Å²) in [6.45, 7) is 5.09. The SMILES string of the molecule is Cc1cc(C)c2c(c1)cc(CNC1CCCCC1)c1nnnn12. The van der Waals surface area contributed by atoms with Crippen LogP contribution in [0.15, 0.2) is 18.2 Å². The van der Waals surface area contributed by atoms with Gasteiger partial charge in [-0.2, -0.15) is 4.52 Å². The van der Waals surface area contributed by atoms with Crippen LogP contribution < -0.4 is 5.32 Å². The van der Waals surface area contributed by atoms with E-state index < -0.39 is 0 Å². The number of hydrogen-bond donors (Lipinski definition) is 1. The number of tetrazole rings is 1. The van der Waals surface area contributed by atoms with Crippen LogP contribution in [0.4, 0.5) is 0 Å². The van der Waals surface area contributed by atoms with Crippen LogP contribution in [0.3, 0.4) is 0 Å². The summed E-state index contributed by atoms with van der Waals surface area (Å²) in [5.74, 6) is 0. The molecular weight excluding hydrogens is 286 g/mol. The molecule has 5 heteroatoms. The number of nitrogens with one attached hydrogen (secondary N) is 1. The summed E-state index contributed by atoms with van der Waals surface area (Å²) in [6, 6.07) is 7.28. The Kier molecular flexibility index (Phi) is 3.73. The Hall–Kier alpha value is -2.01. The molecular formula is C18H23N5. The van der Waals surface area contributed by atoms with Crippen molar-refractivity contribution in [2.24, 2.45) is 0 Å². The van der Waals surface area contributed by atoms with Gasteiger partial charge in [-0.3, -0.25) is 0 Å². The van der Waals surface area contributed by atoms with Crippen LogP contribution in [0.5, 0.6) is 0 Å². The fourth-order valence-corrected chi connectivity index (χ4v) is 3.87. The smallest absolute Gasteiger partial charge is 0.184 e. The Morgan fingerprint density at radius 2 is 1.96 bits per heavy atom. The first kappa shape index (κ1) is 14.6. The highest BCUT2D eigenvalue weighted by Crippen LogP contribution is 2.24. The fourth-order valence-electron chi connectivity index (χ4n) is 3.87. The minimum Gasteiger partial charge on any atom is -0.310 e. The lowest BCUT2D eigenvalue weighted by atomic mass is 9.95. The Morgan fingerprint density at radius 3 is 2.78 bits per heavy atom. The summed E-state index contributed by atoms with van der Waals surface area (Å²) in [5, 5.41) is 17.3. The molecule has 4 rings (SSSR count). The number of pyridine rings is 1. The Morgan fingerprint density at radius 1 is 1.13 bits per heavy atom. The normalized spacial score (nSPS) is 16.4. The van der Waals surface area contributed by atoms with Gasteiger partial charge in [0.15, 0.2) is 5.65 Å². The maximum absolute atomic E-state index is 4.26. The van der Waals surface area contributed by atoms with E-state index in [0.717, 1.165) is 17.7 Å². The average Bonchev–Trinajstić information content (AvgIpc) is 3.02. The van der Waals surface area contributed by atoms with Crippen LogP contribution in [0, 0.1) is 13.8 Å². The van der Waals surface area contributed by atoms with Crippen molar-refractivity contribution in [1.82, 2.24) is 25.4 Å². The van der Waals surface area contributed by atoms with E-state index in [4.69, 9.17) is 0 Å². The first-order valence-electron chi connectivity index (χ1n) is 8.57. The minimum atomic E-state index is 0.634. The first-order chi connectivity index (χ1) is 11.2. The molecule has 0 radical (unpaired) electrons. The fraction of sp³-hybridized carbons (Fsp3) is 0.500. The van der Waals surface area contributed by atoms with Crippen molar-refractivity contribution in [3.05, 3.63) is 34.9 Å². The van der Waals surface area contributed by atoms with E-state index in [1.165, 1.54) is 54.2 Å². The number of aryl methyl sites for hydroxylation is 2. The van der Waals surface area contributed by atoms with Crippen molar-refractivity contribution in [2.75, 3.05) is 0 Å². The van der Waals surface area contributed by atoms with E-state index in [-0.39, 0.29) is 0 Å². The molecule has 0 aliphatic heterocycles. The van der Waals surface area contributed by atoms with Crippen molar-refractivity contribution >= 4 is 16.6 Å². The molecule has 2 heterocycles. The standard InChI is InChI=1S/C18H23N5/c1-12-8-13(2)17-14(9-12)10-15(18-20-21-22-23(17)18)11-19-16-6-4-3-5-7-16/h8-10,16,19H,3-7,11H2,1-2H3. The van der Waals surface area contributed by atoms with Gasteiger partial charge in [0.05, 0.1) is 5.52 Å². The molecule has 0 atom stereocenters. The first-order valence-corrected chi connectivity index (χ1v) is 8.57. The van der Waals surface area contributed by atoms with E-state index >= 15 is 0 Å². The number of benzene rings is 1. The molecule has 5 nitrogen and oxygen atoms in total. The van der Waals surface area contributed by atoms with Crippen molar-refractivity contribution in [3.63, 3.8) is 0 Å². The topological polar surface area (TPSA) is 55.1 Å². The lowest BCUT2D eigenvalue weighted by Gasteiger charge is -2.23. The molecule has 23 heavy (non-hydrogen) atoms. The van der Waals surface area contributed by atoms with Crippen molar-refractivity contribution in [2.45, 2.75) is 58.5 Å². The van der Waals surface area contributed by atoms with E-state index in [1.54, 1.807) is 0 Å². The monoisotopic (exact) mass is 309 g/mol. The lowest BCUT2D eigenvalue weighted by molar-refractivity contribution is 0.372. The highest BCUT2D eigenvalue weighted by atomic mass is 15.5. The molecule has 2 aromatic heterocycles. The third-order valence-corrected chi connectivity index (χ3v) is 4.96. The molecule has 1 fully saturated rings. The van der Waals surface area contributed by atoms with Gasteiger partial charge in [0.2, 0.25) is 0 Å². The maximum atomic E-state index is 4.26. The summed E-state index contributed by atoms with van der Waals surface area (Å²) in [4.78, 5) is 0. The van der Waals surface area contributed by atoms with Gasteiger partial charge in [-0.05, 0) is 54.8 Å². The maximum Gasteiger partial charge on any atom is 0.184 e. The summed E-state index contributed by atoms with van der Waals surface area (Å²) < 4.78 is 1.89. The molecule has 0 amide bonds. The average molecular weight is 309 g/mol. The zero-order valence-corrected chi connectivity index (χ0v) is 13.8. The molecule has 1 aromatic carbocycles. The highest BCUT2D eigenvalue weighted by molar-refractivity contribution is 5.86. The van der Waals surface area contributed by atoms with E-state index in [9.17, 15) is 0 Å². The second-order valence-corrected chi connectivity index (χ2v) is 6.82. The molecule has 120 valence electrons. The highest BCUT2D eigenvalue weighted by Gasteiger charge is 2.15. The van der Waals surface area contributed by atoms with Crippen LogP contribution >= 0.6 is 0 Å². The van der Waals surface area contributed by atoms with Crippen molar-refractivity contribution < 1.29 is 0 Å². The summed E-state index contributed by atoms with van der Waals surface area (Å²) in [6.07, 6.45) is 6.64. The molecule has 0 unspecified atom stereocenters. The predicted octanol–water partition coefficient (Wildman–Crippen LogP) is 3.32. The number of fused-ring (bicyclic) bond motifs is 3. The zero-order chi connectivity index (χ0) is 15.8. The minimum absolute atomic E-state index is 0.634. The van der Waals surface area contributed by atoms with Gasteiger partial charge in [-0.25, -0.2) is 0 Å². The van der Waals surface area contributed by atoms with Crippen molar-refractivity contribution in [1.29, 1.82) is 0 Å². The molecule has 1 saturated carbocycles. The number of aromatic nitrogens is 4. The largest absolute Gasteiger partial charge is 0.310 e. The molecule has 1 N–H and O–H groups in total. The Bertz CT molecular complexity index is 845. The Labute approximate surface area is 136 Å². The summed E-state index contributed by atoms with van der Waals surface area (Å²) in [5.41, 5.74) is 5.64. The molecule has 0 saturated heterocycles. The van der Waals surface area contributed by atoms with Crippen LogP contribution in [-0.4, -0.2) is 26.1 Å². The molecule has 3 aromatic rings. The van der Waals surface area contributed by atoms with Gasteiger partial charge >= 0.3 is 0 Å². The zero-order valence-electron chi connectivity index (χ0n) is 13.8. The van der Waals surface area contributed by atoms with Crippen LogP contribution in [0.25, 0.3) is 16.6 Å². The van der Waals surface area contributed by atoms with E-state index in [1.807, 2.05) is 4.52 Å². The third kappa shape index (κ3) is 2.70. The van der Waals surface area contributed by atoms with E-state index in [2.05, 4.69) is 52.9 Å². The molecule has 1 aliphatic rings. The second-order valence-electron chi connectivity index (χ2n) is 6.82. The number of nitrogens with zero attached hydrogens (tertiary/aromatic N) is 4. The van der Waals surface area contributed by atoms with Gasteiger partial charge in [0.1, 0.15) is 0 Å². The van der Waals surface area contributed by atoms with Crippen LogP contribution in [0.1, 0.15) is 48.8 Å². The number of hydrogen-bond acceptors (Lipinski definition) is 4. The van der Waals surface area contributed by atoms with Crippen molar-refractivity contribution in [3.8, 4) is 0 Å². The molecule has 0 bridgehead atoms. The second kappa shape index (κ2) is 5.89. The lowest BCUT2D eigenvalue weighted by Crippen LogP contribution is -2.30. The van der Waals surface area contributed by atoms with Crippen LogP contribution in [-0.2, 0) is 6.54 Å². The van der Waals surface area contributed by atoms with Crippen LogP contribution in [0.2, 0.25) is 0 Å². The summed E-state index contributed by atoms with van der Waals surface area (Å²) in [7, 11) is 0. The quantitative estimate of drug-likeness (QED) is 0.806. The van der Waals surface area contributed by atoms with Gasteiger partial charge in [0, 0.05) is 23.5 Å². The third-order valence-electron chi connectivity index (χ3n) is 4.96. The predicted molar refractivity (Wildman–Crippen MR) is 91.5 cm³/mol. The van der Waals surface area contributed by atoms with Gasteiger partial charge in [-0.15, -0.1) is 5.10 Å². The summed E-state index contributed by atoms with van der Waals surface area (Å²) >= 11 is 0. The van der Waals surface area contributed by atoms with Gasteiger partial charge in [0.25, 0.3) is 0 Å². The number of rotatable bonds is 3. The van der Waals surface area contributed by atoms with Gasteiger partial charge in [-0.1, -0.05) is 30.9 Å². The molecule has 1 aliphatic carbocycles. The van der Waals surface area contributed by atoms with Gasteiger partial charge < -0.3 is 5.32 Å². The molecule has 0 spiro atoms. The van der Waals surface area contributed by atoms with E-state index in [0.29, 0.717) is 6.04 Å².